The first-order valence-corrected chi connectivity index (χ1v) is 13.5. The van der Waals surface area contributed by atoms with Crippen LogP contribution < -0.4 is 10.6 Å². The predicted molar refractivity (Wildman–Crippen MR) is 144 cm³/mol. The molecule has 1 aliphatic carbocycles. The first-order valence-electron chi connectivity index (χ1n) is 12.7. The smallest absolute Gasteiger partial charge is 0.252 e. The molecule has 0 atom stereocenters. The van der Waals surface area contributed by atoms with Crippen LogP contribution in [-0.4, -0.2) is 64.4 Å². The Morgan fingerprint density at radius 2 is 1.70 bits per heavy atom. The van der Waals surface area contributed by atoms with Gasteiger partial charge in [0.15, 0.2) is 5.13 Å². The van der Waals surface area contributed by atoms with E-state index in [1.54, 1.807) is 13.8 Å². The summed E-state index contributed by atoms with van der Waals surface area (Å²) in [5.74, 6) is -1.25. The van der Waals surface area contributed by atoms with Crippen LogP contribution in [0.3, 0.4) is 0 Å². The van der Waals surface area contributed by atoms with Crippen molar-refractivity contribution in [2.45, 2.75) is 44.8 Å². The van der Waals surface area contributed by atoms with Gasteiger partial charge >= 0.3 is 0 Å². The second-order valence-electron chi connectivity index (χ2n) is 10.2. The summed E-state index contributed by atoms with van der Waals surface area (Å²) in [7, 11) is 0. The van der Waals surface area contributed by atoms with Gasteiger partial charge in [0.25, 0.3) is 11.8 Å². The number of carbonyl (C=O) groups is 2. The molecule has 2 heterocycles. The molecule has 194 valence electrons. The van der Waals surface area contributed by atoms with Crippen LogP contribution in [0.1, 0.15) is 41.9 Å². The van der Waals surface area contributed by atoms with Crippen molar-refractivity contribution in [2.75, 3.05) is 31.5 Å². The van der Waals surface area contributed by atoms with Gasteiger partial charge in [0.05, 0.1) is 5.69 Å². The molecule has 1 aromatic heterocycles. The number of nitrogens with zero attached hydrogens (tertiary/aromatic N) is 3. The van der Waals surface area contributed by atoms with Crippen molar-refractivity contribution in [2.24, 2.45) is 0 Å². The Hall–Kier alpha value is -3.14. The number of halogens is 1. The molecule has 2 aliphatic rings. The molecule has 1 saturated carbocycles. The molecule has 0 bridgehead atoms. The summed E-state index contributed by atoms with van der Waals surface area (Å²) in [5.41, 5.74) is 0.962. The number of anilines is 1. The van der Waals surface area contributed by atoms with Crippen molar-refractivity contribution < 1.29 is 14.0 Å². The highest BCUT2D eigenvalue weighted by Gasteiger charge is 2.33. The van der Waals surface area contributed by atoms with Crippen LogP contribution >= 0.6 is 11.3 Å². The Kier molecular flexibility index (Phi) is 7.37. The molecule has 1 saturated heterocycles. The maximum absolute atomic E-state index is 13.2. The number of piperazine rings is 1. The van der Waals surface area contributed by atoms with Gasteiger partial charge in [0.1, 0.15) is 11.4 Å². The van der Waals surface area contributed by atoms with Crippen LogP contribution in [0.15, 0.2) is 54.6 Å². The third-order valence-electron chi connectivity index (χ3n) is 6.90. The minimum atomic E-state index is -1.21. The topological polar surface area (TPSA) is 77.6 Å². The van der Waals surface area contributed by atoms with E-state index < -0.39 is 17.3 Å². The molecule has 7 nitrogen and oxygen atoms in total. The second kappa shape index (κ2) is 10.7. The molecule has 37 heavy (non-hydrogen) atoms. The normalized spacial score (nSPS) is 16.9. The van der Waals surface area contributed by atoms with Crippen molar-refractivity contribution in [3.05, 3.63) is 70.9 Å². The van der Waals surface area contributed by atoms with Crippen LogP contribution in [0, 0.1) is 5.82 Å². The van der Waals surface area contributed by atoms with E-state index in [1.807, 2.05) is 30.3 Å². The molecule has 2 N–H and O–H groups in total. The lowest BCUT2D eigenvalue weighted by molar-refractivity contribution is -0.120. The zero-order valence-corrected chi connectivity index (χ0v) is 22.0. The predicted octanol–water partition coefficient (Wildman–Crippen LogP) is 4.38. The maximum atomic E-state index is 13.2. The van der Waals surface area contributed by atoms with Crippen molar-refractivity contribution in [1.82, 2.24) is 20.1 Å². The lowest BCUT2D eigenvalue weighted by Crippen LogP contribution is -2.52. The van der Waals surface area contributed by atoms with Gasteiger partial charge in [-0.1, -0.05) is 41.7 Å². The third kappa shape index (κ3) is 6.23. The van der Waals surface area contributed by atoms with Crippen LogP contribution in [0.2, 0.25) is 0 Å². The van der Waals surface area contributed by atoms with E-state index in [9.17, 15) is 14.0 Å². The Balaban J connectivity index is 1.29. The summed E-state index contributed by atoms with van der Waals surface area (Å²) < 4.78 is 13.2. The molecule has 3 aromatic rings. The quantitative estimate of drug-likeness (QED) is 0.460. The Morgan fingerprint density at radius 3 is 2.35 bits per heavy atom. The van der Waals surface area contributed by atoms with Crippen molar-refractivity contribution in [3.63, 3.8) is 0 Å². The maximum Gasteiger partial charge on any atom is 0.252 e. The SMILES string of the molecule is CC(C)(NC(=O)c1ccc(F)cc1)C(=O)Nc1nc(-c2ccccc2)c(CN2CCN(C3CC3)CC2)s1. The number of benzene rings is 2. The second-order valence-corrected chi connectivity index (χ2v) is 11.3. The van der Waals surface area contributed by atoms with E-state index in [0.29, 0.717) is 5.13 Å². The minimum Gasteiger partial charge on any atom is -0.338 e. The highest BCUT2D eigenvalue weighted by molar-refractivity contribution is 7.16. The first-order chi connectivity index (χ1) is 17.8. The molecule has 2 aromatic carbocycles. The Morgan fingerprint density at radius 1 is 1.03 bits per heavy atom. The summed E-state index contributed by atoms with van der Waals surface area (Å²) in [6.45, 7) is 8.28. The van der Waals surface area contributed by atoms with Gasteiger partial charge in [-0.15, -0.1) is 0 Å². The zero-order valence-electron chi connectivity index (χ0n) is 21.2. The molecule has 1 aliphatic heterocycles. The van der Waals surface area contributed by atoms with Crippen molar-refractivity contribution in [1.29, 1.82) is 0 Å². The molecule has 9 heteroatoms. The van der Waals surface area contributed by atoms with Gasteiger partial charge in [0.2, 0.25) is 0 Å². The molecule has 2 amide bonds. The van der Waals surface area contributed by atoms with Gasteiger partial charge in [-0.05, 0) is 51.0 Å². The number of thiazole rings is 1. The number of hydrogen-bond donors (Lipinski definition) is 2. The van der Waals surface area contributed by atoms with Crippen LogP contribution in [0.25, 0.3) is 11.3 Å². The molecule has 0 unspecified atom stereocenters. The lowest BCUT2D eigenvalue weighted by atomic mass is 10.0. The first kappa shape index (κ1) is 25.5. The van der Waals surface area contributed by atoms with E-state index in [-0.39, 0.29) is 11.5 Å². The summed E-state index contributed by atoms with van der Waals surface area (Å²) in [5, 5.41) is 6.15. The zero-order chi connectivity index (χ0) is 26.0. The Bertz CT molecular complexity index is 1250. The average Bonchev–Trinajstić information content (AvgIpc) is 3.66. The fraction of sp³-hybridized carbons (Fsp3) is 0.393. The summed E-state index contributed by atoms with van der Waals surface area (Å²) in [4.78, 5) is 36.7. The third-order valence-corrected chi connectivity index (χ3v) is 7.86. The van der Waals surface area contributed by atoms with Crippen LogP contribution in [-0.2, 0) is 11.3 Å². The standard InChI is InChI=1S/C28H32FN5O2S/c1-28(2,32-25(35)20-8-10-21(29)11-9-20)26(36)31-27-30-24(19-6-4-3-5-7-19)23(37-27)18-33-14-16-34(17-15-33)22-12-13-22/h3-11,22H,12-18H2,1-2H3,(H,32,35)(H,30,31,36). The highest BCUT2D eigenvalue weighted by Crippen LogP contribution is 2.33. The molecular weight excluding hydrogens is 489 g/mol. The monoisotopic (exact) mass is 521 g/mol. The fourth-order valence-electron chi connectivity index (χ4n) is 4.53. The van der Waals surface area contributed by atoms with Gasteiger partial charge in [0, 0.05) is 54.8 Å². The molecular formula is C28H32FN5O2S. The largest absolute Gasteiger partial charge is 0.338 e. The van der Waals surface area contributed by atoms with E-state index in [0.717, 1.165) is 54.9 Å². The summed E-state index contributed by atoms with van der Waals surface area (Å²) in [6.07, 6.45) is 2.66. The highest BCUT2D eigenvalue weighted by atomic mass is 32.1. The Labute approximate surface area is 220 Å². The van der Waals surface area contributed by atoms with E-state index in [1.165, 1.54) is 48.4 Å². The minimum absolute atomic E-state index is 0.284. The van der Waals surface area contributed by atoms with Gasteiger partial charge in [-0.25, -0.2) is 9.37 Å². The number of amides is 2. The van der Waals surface area contributed by atoms with Gasteiger partial charge < -0.3 is 5.32 Å². The summed E-state index contributed by atoms with van der Waals surface area (Å²) >= 11 is 1.48. The number of nitrogens with one attached hydrogen (secondary N) is 2. The van der Waals surface area contributed by atoms with Crippen molar-refractivity contribution in [3.8, 4) is 11.3 Å². The van der Waals surface area contributed by atoms with Crippen molar-refractivity contribution >= 4 is 28.3 Å². The van der Waals surface area contributed by atoms with E-state index >= 15 is 0 Å². The van der Waals surface area contributed by atoms with Gasteiger partial charge in [-0.2, -0.15) is 0 Å². The molecule has 2 fully saturated rings. The average molecular weight is 522 g/mol. The number of carbonyl (C=O) groups excluding carboxylic acids is 2. The van der Waals surface area contributed by atoms with Gasteiger partial charge in [-0.3, -0.25) is 24.7 Å². The fourth-order valence-corrected chi connectivity index (χ4v) is 5.55. The van der Waals surface area contributed by atoms with E-state index in [2.05, 4.69) is 20.4 Å². The number of hydrogen-bond acceptors (Lipinski definition) is 6. The number of aromatic nitrogens is 1. The lowest BCUT2D eigenvalue weighted by Gasteiger charge is -2.34. The molecule has 5 rings (SSSR count). The van der Waals surface area contributed by atoms with Crippen LogP contribution in [0.5, 0.6) is 0 Å². The molecule has 0 spiro atoms. The summed E-state index contributed by atoms with van der Waals surface area (Å²) in [6, 6.07) is 16.0. The molecule has 0 radical (unpaired) electrons. The van der Waals surface area contributed by atoms with Crippen LogP contribution in [0.4, 0.5) is 9.52 Å². The number of rotatable bonds is 8. The van der Waals surface area contributed by atoms with E-state index in [4.69, 9.17) is 4.98 Å².